The van der Waals surface area contributed by atoms with Crippen molar-refractivity contribution in [3.8, 4) is 0 Å². The molecule has 0 bridgehead atoms. The highest BCUT2D eigenvalue weighted by Crippen LogP contribution is 2.32. The van der Waals surface area contributed by atoms with E-state index >= 15 is 0 Å². The zero-order valence-electron chi connectivity index (χ0n) is 14.5. The number of nitro groups is 1. The van der Waals surface area contributed by atoms with Crippen molar-refractivity contribution in [2.45, 2.75) is 33.1 Å². The van der Waals surface area contributed by atoms with Gasteiger partial charge in [-0.2, -0.15) is 0 Å². The maximum atomic E-state index is 12.3. The fourth-order valence-electron chi connectivity index (χ4n) is 3.14. The van der Waals surface area contributed by atoms with Gasteiger partial charge in [0.1, 0.15) is 5.56 Å². The predicted octanol–water partition coefficient (Wildman–Crippen LogP) is 3.16. The number of para-hydroxylation sites is 1. The van der Waals surface area contributed by atoms with Gasteiger partial charge in [-0.15, -0.1) is 11.3 Å². The molecule has 1 aromatic heterocycles. The molecule has 2 amide bonds. The van der Waals surface area contributed by atoms with E-state index in [2.05, 4.69) is 17.8 Å². The molecule has 1 atom stereocenters. The molecule has 8 heteroatoms. The molecule has 2 aromatic rings. The van der Waals surface area contributed by atoms with Crippen LogP contribution in [-0.4, -0.2) is 16.7 Å². The number of nitrogens with zero attached hydrogens (tertiary/aromatic N) is 1. The van der Waals surface area contributed by atoms with Gasteiger partial charge in [0.15, 0.2) is 0 Å². The van der Waals surface area contributed by atoms with Gasteiger partial charge in [-0.05, 0) is 49.8 Å². The number of benzene rings is 1. The lowest BCUT2D eigenvalue weighted by atomic mass is 9.90. The number of aryl methyl sites for hydroxylation is 2. The van der Waals surface area contributed by atoms with Crippen LogP contribution in [0.15, 0.2) is 24.3 Å². The van der Waals surface area contributed by atoms with Crippen molar-refractivity contribution in [3.63, 3.8) is 0 Å². The van der Waals surface area contributed by atoms with Crippen molar-refractivity contribution in [2.75, 3.05) is 0 Å². The van der Waals surface area contributed by atoms with Gasteiger partial charge in [-0.1, -0.05) is 19.1 Å². The summed E-state index contributed by atoms with van der Waals surface area (Å²) in [4.78, 5) is 36.9. The zero-order chi connectivity index (χ0) is 18.8. The highest BCUT2D eigenvalue weighted by atomic mass is 32.1. The Balaban J connectivity index is 1.70. The molecule has 26 heavy (non-hydrogen) atoms. The van der Waals surface area contributed by atoms with Crippen LogP contribution in [0.2, 0.25) is 0 Å². The number of thiophene rings is 1. The third-order valence-corrected chi connectivity index (χ3v) is 5.74. The first kappa shape index (κ1) is 18.1. The molecule has 0 aliphatic heterocycles. The summed E-state index contributed by atoms with van der Waals surface area (Å²) in [5.41, 5.74) is 5.85. The molecule has 136 valence electrons. The van der Waals surface area contributed by atoms with Gasteiger partial charge in [0, 0.05) is 10.4 Å². The Morgan fingerprint density at radius 2 is 2.00 bits per heavy atom. The van der Waals surface area contributed by atoms with E-state index in [1.807, 2.05) is 6.07 Å². The van der Waals surface area contributed by atoms with E-state index in [4.69, 9.17) is 0 Å². The molecule has 0 saturated heterocycles. The van der Waals surface area contributed by atoms with Crippen LogP contribution in [0.25, 0.3) is 0 Å². The van der Waals surface area contributed by atoms with Crippen molar-refractivity contribution in [1.29, 1.82) is 0 Å². The van der Waals surface area contributed by atoms with Gasteiger partial charge in [0.2, 0.25) is 0 Å². The number of hydrazine groups is 1. The molecule has 3 rings (SSSR count). The largest absolute Gasteiger partial charge is 0.285 e. The van der Waals surface area contributed by atoms with Gasteiger partial charge in [0.25, 0.3) is 17.5 Å². The topological polar surface area (TPSA) is 101 Å². The molecule has 0 saturated carbocycles. The average Bonchev–Trinajstić information content (AvgIpc) is 3.01. The van der Waals surface area contributed by atoms with Crippen molar-refractivity contribution in [2.24, 2.45) is 5.92 Å². The third-order valence-electron chi connectivity index (χ3n) is 4.51. The van der Waals surface area contributed by atoms with E-state index in [0.717, 1.165) is 19.3 Å². The lowest BCUT2D eigenvalue weighted by Crippen LogP contribution is -2.41. The molecule has 0 spiro atoms. The average molecular weight is 373 g/mol. The summed E-state index contributed by atoms with van der Waals surface area (Å²) >= 11 is 1.43. The summed E-state index contributed by atoms with van der Waals surface area (Å²) in [6, 6.07) is 6.35. The summed E-state index contributed by atoms with van der Waals surface area (Å²) in [7, 11) is 0. The van der Waals surface area contributed by atoms with Gasteiger partial charge in [-0.3, -0.25) is 30.6 Å². The molecule has 1 aliphatic carbocycles. The van der Waals surface area contributed by atoms with Crippen molar-refractivity contribution in [3.05, 3.63) is 60.8 Å². The molecule has 7 nitrogen and oxygen atoms in total. The van der Waals surface area contributed by atoms with Crippen LogP contribution in [0.4, 0.5) is 5.69 Å². The van der Waals surface area contributed by atoms with Crippen LogP contribution >= 0.6 is 11.3 Å². The van der Waals surface area contributed by atoms with Gasteiger partial charge in [0.05, 0.1) is 9.80 Å². The number of hydrogen-bond donors (Lipinski definition) is 2. The Morgan fingerprint density at radius 3 is 2.73 bits per heavy atom. The summed E-state index contributed by atoms with van der Waals surface area (Å²) in [5, 5.41) is 11.2. The molecule has 2 N–H and O–H groups in total. The first-order chi connectivity index (χ1) is 12.4. The molecular formula is C18H19N3O4S. The standard InChI is InChI=1S/C18H19N3O4S/c1-10-6-7-14-12(8-10)9-15(26-14)18(23)20-19-17(22)13-5-3-4-11(2)16(13)21(24)25/h3-5,9-10H,6-8H2,1-2H3,(H,19,22)(H,20,23). The van der Waals surface area contributed by atoms with E-state index in [1.54, 1.807) is 19.1 Å². The normalized spacial score (nSPS) is 15.8. The van der Waals surface area contributed by atoms with Crippen LogP contribution in [-0.2, 0) is 12.8 Å². The number of nitrogens with one attached hydrogen (secondary N) is 2. The second kappa shape index (κ2) is 7.25. The van der Waals surface area contributed by atoms with Crippen molar-refractivity contribution in [1.82, 2.24) is 10.9 Å². The summed E-state index contributed by atoms with van der Waals surface area (Å²) in [5.74, 6) is -0.529. The van der Waals surface area contributed by atoms with Crippen LogP contribution in [0.3, 0.4) is 0 Å². The van der Waals surface area contributed by atoms with Crippen molar-refractivity contribution < 1.29 is 14.5 Å². The van der Waals surface area contributed by atoms with E-state index in [1.165, 1.54) is 27.8 Å². The lowest BCUT2D eigenvalue weighted by Gasteiger charge is -2.16. The Morgan fingerprint density at radius 1 is 1.27 bits per heavy atom. The zero-order valence-corrected chi connectivity index (χ0v) is 15.3. The summed E-state index contributed by atoms with van der Waals surface area (Å²) in [6.45, 7) is 3.75. The van der Waals surface area contributed by atoms with Crippen LogP contribution in [0.5, 0.6) is 0 Å². The van der Waals surface area contributed by atoms with Crippen LogP contribution < -0.4 is 10.9 Å². The van der Waals surface area contributed by atoms with Crippen molar-refractivity contribution >= 4 is 28.8 Å². The number of hydrogen-bond acceptors (Lipinski definition) is 5. The molecule has 0 radical (unpaired) electrons. The maximum Gasteiger partial charge on any atom is 0.285 e. The number of fused-ring (bicyclic) bond motifs is 1. The van der Waals surface area contributed by atoms with Gasteiger partial charge < -0.3 is 0 Å². The third kappa shape index (κ3) is 3.60. The monoisotopic (exact) mass is 373 g/mol. The fraction of sp³-hybridized carbons (Fsp3) is 0.333. The lowest BCUT2D eigenvalue weighted by molar-refractivity contribution is -0.385. The minimum Gasteiger partial charge on any atom is -0.267 e. The predicted molar refractivity (Wildman–Crippen MR) is 98.3 cm³/mol. The Hall–Kier alpha value is -2.74. The minimum atomic E-state index is -0.719. The quantitative estimate of drug-likeness (QED) is 0.637. The van der Waals surface area contributed by atoms with E-state index in [0.29, 0.717) is 16.4 Å². The number of rotatable bonds is 3. The maximum absolute atomic E-state index is 12.3. The Bertz CT molecular complexity index is 891. The number of carbonyl (C=O) groups excluding carboxylic acids is 2. The Kier molecular flexibility index (Phi) is 5.03. The number of carbonyl (C=O) groups is 2. The van der Waals surface area contributed by atoms with E-state index in [9.17, 15) is 19.7 Å². The molecule has 0 fully saturated rings. The summed E-state index contributed by atoms with van der Waals surface area (Å²) < 4.78 is 0. The minimum absolute atomic E-state index is 0.0883. The molecule has 1 unspecified atom stereocenters. The smallest absolute Gasteiger partial charge is 0.267 e. The SMILES string of the molecule is Cc1cccc(C(=O)NNC(=O)c2cc3c(s2)CCC(C)C3)c1[N+](=O)[O-]. The fourth-order valence-corrected chi connectivity index (χ4v) is 4.25. The molecule has 1 aromatic carbocycles. The number of amides is 2. The highest BCUT2D eigenvalue weighted by Gasteiger charge is 2.24. The van der Waals surface area contributed by atoms with Gasteiger partial charge in [-0.25, -0.2) is 0 Å². The summed E-state index contributed by atoms with van der Waals surface area (Å²) in [6.07, 6.45) is 3.04. The Labute approximate surface area is 154 Å². The molecule has 1 heterocycles. The second-order valence-corrected chi connectivity index (χ2v) is 7.68. The molecule has 1 aliphatic rings. The first-order valence-corrected chi connectivity index (χ1v) is 9.14. The van der Waals surface area contributed by atoms with Crippen LogP contribution in [0, 0.1) is 23.0 Å². The first-order valence-electron chi connectivity index (χ1n) is 8.33. The number of nitro benzene ring substituents is 1. The van der Waals surface area contributed by atoms with E-state index in [-0.39, 0.29) is 11.3 Å². The van der Waals surface area contributed by atoms with Crippen LogP contribution in [0.1, 0.15) is 49.4 Å². The molecular weight excluding hydrogens is 354 g/mol. The van der Waals surface area contributed by atoms with E-state index < -0.39 is 16.7 Å². The van der Waals surface area contributed by atoms with Gasteiger partial charge >= 0.3 is 0 Å². The highest BCUT2D eigenvalue weighted by molar-refractivity contribution is 7.14. The second-order valence-electron chi connectivity index (χ2n) is 6.54.